The van der Waals surface area contributed by atoms with Gasteiger partial charge in [-0.3, -0.25) is 14.4 Å². The lowest BCUT2D eigenvalue weighted by Gasteiger charge is -2.20. The van der Waals surface area contributed by atoms with E-state index in [1.807, 2.05) is 4.90 Å². The lowest BCUT2D eigenvalue weighted by Crippen LogP contribution is -2.41. The van der Waals surface area contributed by atoms with E-state index in [4.69, 9.17) is 16.6 Å². The summed E-state index contributed by atoms with van der Waals surface area (Å²) in [6.45, 7) is 0.336. The van der Waals surface area contributed by atoms with Gasteiger partial charge in [0.2, 0.25) is 5.95 Å². The highest BCUT2D eigenvalue weighted by Crippen LogP contribution is 2.35. The van der Waals surface area contributed by atoms with Crippen LogP contribution in [0.25, 0.3) is 11.2 Å². The summed E-state index contributed by atoms with van der Waals surface area (Å²) in [5, 5.41) is 30.0. The van der Waals surface area contributed by atoms with Crippen LogP contribution in [0.15, 0.2) is 30.5 Å². The molecule has 3 unspecified atom stereocenters. The van der Waals surface area contributed by atoms with Crippen molar-refractivity contribution in [1.29, 1.82) is 0 Å². The molecule has 2 aromatic heterocycles. The summed E-state index contributed by atoms with van der Waals surface area (Å²) in [5.41, 5.74) is 13.6. The number of nitrogens with zero attached hydrogens (tertiary/aromatic N) is 5. The van der Waals surface area contributed by atoms with Crippen LogP contribution in [0.2, 0.25) is 0 Å². The maximum Gasteiger partial charge on any atom is 0.326 e. The summed E-state index contributed by atoms with van der Waals surface area (Å²) in [5.74, 6) is -5.29. The first-order valence-corrected chi connectivity index (χ1v) is 14.3. The van der Waals surface area contributed by atoms with Crippen molar-refractivity contribution in [3.05, 3.63) is 41.7 Å². The number of aromatic nitrogens is 4. The number of carboxylic acids is 3. The first-order chi connectivity index (χ1) is 19.8. The molecule has 0 saturated heterocycles. The van der Waals surface area contributed by atoms with Gasteiger partial charge in [-0.2, -0.15) is 9.97 Å². The molecular formula is C25H31N8O8P. The first-order valence-electron chi connectivity index (χ1n) is 12.6. The van der Waals surface area contributed by atoms with Crippen LogP contribution in [-0.2, 0) is 20.9 Å². The molecule has 17 heteroatoms. The van der Waals surface area contributed by atoms with Crippen molar-refractivity contribution in [3.8, 4) is 0 Å². The number of hydrogen-bond acceptors (Lipinski definition) is 12. The van der Waals surface area contributed by atoms with Crippen molar-refractivity contribution in [3.63, 3.8) is 0 Å². The van der Waals surface area contributed by atoms with Gasteiger partial charge < -0.3 is 41.9 Å². The molecule has 0 radical (unpaired) electrons. The Bertz CT molecular complexity index is 1460. The molecule has 9 N–H and O–H groups in total. The number of carbonyl (C=O) groups excluding carboxylic acids is 1. The highest BCUT2D eigenvalue weighted by Gasteiger charge is 2.26. The molecule has 0 fully saturated rings. The zero-order valence-electron chi connectivity index (χ0n) is 22.5. The van der Waals surface area contributed by atoms with E-state index in [2.05, 4.69) is 25.3 Å². The Hall–Kier alpha value is -4.69. The minimum absolute atomic E-state index is 0.00438. The van der Waals surface area contributed by atoms with Crippen LogP contribution >= 0.6 is 8.15 Å². The molecule has 16 nitrogen and oxygen atoms in total. The van der Waals surface area contributed by atoms with Gasteiger partial charge in [-0.15, -0.1) is 0 Å². The van der Waals surface area contributed by atoms with E-state index >= 15 is 0 Å². The van der Waals surface area contributed by atoms with Gasteiger partial charge in [0.25, 0.3) is 5.91 Å². The number of benzene rings is 1. The van der Waals surface area contributed by atoms with Crippen LogP contribution < -0.4 is 21.7 Å². The van der Waals surface area contributed by atoms with Gasteiger partial charge in [-0.05, 0) is 43.3 Å². The number of anilines is 3. The van der Waals surface area contributed by atoms with Crippen LogP contribution in [0.3, 0.4) is 0 Å². The summed E-state index contributed by atoms with van der Waals surface area (Å²) < 4.78 is 0. The molecule has 2 heterocycles. The fourth-order valence-electron chi connectivity index (χ4n) is 3.97. The average molecular weight is 603 g/mol. The van der Waals surface area contributed by atoms with Gasteiger partial charge in [0.1, 0.15) is 6.04 Å². The Morgan fingerprint density at radius 1 is 1.00 bits per heavy atom. The summed E-state index contributed by atoms with van der Waals surface area (Å²) in [4.78, 5) is 75.3. The molecule has 1 amide bonds. The number of fused-ring (bicyclic) bond motifs is 1. The number of hydrogen-bond donors (Lipinski definition) is 7. The maximum absolute atomic E-state index is 12.7. The first kappa shape index (κ1) is 31.8. The number of carboxylic acid groups (broad SMARTS) is 3. The van der Waals surface area contributed by atoms with Crippen molar-refractivity contribution < 1.29 is 39.4 Å². The van der Waals surface area contributed by atoms with Gasteiger partial charge in [0.05, 0.1) is 24.4 Å². The standard InChI is InChI=1S/C25H31N8O8P/c1-33(11-15-10-28-21-19(29-15)20(26)31-25(27)32-21)16-5-2-13(3-6-16)22(36)30-17(24(39)40)8-9-42(41)12-14(23(37)38)4-7-18(34)35/h2-3,5-6,10,14,17,41H,4,7-9,11-12H2,1H3,(H,30,36)(H,34,35)(H,37,38)(H,39,40)(H4,26,27,28,31,32). The van der Waals surface area contributed by atoms with Crippen LogP contribution in [0.4, 0.5) is 17.5 Å². The second kappa shape index (κ2) is 14.3. The third kappa shape index (κ3) is 8.91. The molecule has 224 valence electrons. The highest BCUT2D eigenvalue weighted by atomic mass is 31.1. The zero-order chi connectivity index (χ0) is 31.0. The number of nitrogens with two attached hydrogens (primary N) is 2. The summed E-state index contributed by atoms with van der Waals surface area (Å²) >= 11 is 0. The van der Waals surface area contributed by atoms with Crippen molar-refractivity contribution >= 4 is 60.6 Å². The number of rotatable bonds is 15. The zero-order valence-corrected chi connectivity index (χ0v) is 23.4. The van der Waals surface area contributed by atoms with E-state index in [1.54, 1.807) is 19.2 Å². The highest BCUT2D eigenvalue weighted by molar-refractivity contribution is 7.51. The van der Waals surface area contributed by atoms with E-state index in [1.165, 1.54) is 18.3 Å². The minimum atomic E-state index is -1.89. The smallest absolute Gasteiger partial charge is 0.326 e. The summed E-state index contributed by atoms with van der Waals surface area (Å²) in [6.07, 6.45) is 0.673. The number of amides is 1. The third-order valence-corrected chi connectivity index (χ3v) is 7.87. The van der Waals surface area contributed by atoms with Crippen LogP contribution in [-0.4, -0.2) is 89.4 Å². The fraction of sp³-hybridized carbons (Fsp3) is 0.360. The Kier molecular flexibility index (Phi) is 10.8. The minimum Gasteiger partial charge on any atom is -0.481 e. The number of aliphatic carboxylic acids is 3. The number of carbonyl (C=O) groups is 4. The molecule has 3 atom stereocenters. The van der Waals surface area contributed by atoms with Crippen LogP contribution in [0.5, 0.6) is 0 Å². The largest absolute Gasteiger partial charge is 0.481 e. The molecule has 0 bridgehead atoms. The van der Waals surface area contributed by atoms with Gasteiger partial charge in [0.15, 0.2) is 17.0 Å². The van der Waals surface area contributed by atoms with E-state index in [0.29, 0.717) is 17.8 Å². The Morgan fingerprint density at radius 3 is 2.31 bits per heavy atom. The molecule has 1 aromatic carbocycles. The summed E-state index contributed by atoms with van der Waals surface area (Å²) in [6, 6.07) is 5.08. The Morgan fingerprint density at radius 2 is 1.69 bits per heavy atom. The van der Waals surface area contributed by atoms with Crippen molar-refractivity contribution in [2.24, 2.45) is 5.92 Å². The lowest BCUT2D eigenvalue weighted by molar-refractivity contribution is -0.142. The lowest BCUT2D eigenvalue weighted by atomic mass is 10.1. The average Bonchev–Trinajstić information content (AvgIpc) is 2.93. The fourth-order valence-corrected chi connectivity index (χ4v) is 5.56. The molecule has 42 heavy (non-hydrogen) atoms. The predicted molar refractivity (Wildman–Crippen MR) is 153 cm³/mol. The second-order valence-corrected chi connectivity index (χ2v) is 11.3. The van der Waals surface area contributed by atoms with Crippen molar-refractivity contribution in [2.75, 3.05) is 35.7 Å². The van der Waals surface area contributed by atoms with Gasteiger partial charge in [-0.25, -0.2) is 14.8 Å². The topological polar surface area (TPSA) is 268 Å². The predicted octanol–water partition coefficient (Wildman–Crippen LogP) is 0.749. The van der Waals surface area contributed by atoms with Crippen LogP contribution in [0.1, 0.15) is 35.3 Å². The summed E-state index contributed by atoms with van der Waals surface area (Å²) in [7, 11) is -0.0895. The normalized spacial score (nSPS) is 13.2. The van der Waals surface area contributed by atoms with E-state index < -0.39 is 43.9 Å². The molecule has 0 aliphatic rings. The van der Waals surface area contributed by atoms with Gasteiger partial charge in [0, 0.05) is 39.0 Å². The monoisotopic (exact) mass is 602 g/mol. The molecule has 3 aromatic rings. The Labute approximate surface area is 240 Å². The van der Waals surface area contributed by atoms with Gasteiger partial charge >= 0.3 is 17.9 Å². The van der Waals surface area contributed by atoms with Crippen molar-refractivity contribution in [1.82, 2.24) is 25.3 Å². The molecule has 0 saturated carbocycles. The maximum atomic E-state index is 12.7. The van der Waals surface area contributed by atoms with Gasteiger partial charge in [-0.1, -0.05) is 0 Å². The van der Waals surface area contributed by atoms with Crippen LogP contribution in [0, 0.1) is 5.92 Å². The molecule has 3 rings (SSSR count). The second-order valence-electron chi connectivity index (χ2n) is 9.44. The quantitative estimate of drug-likeness (QED) is 0.118. The molecule has 0 aliphatic carbocycles. The van der Waals surface area contributed by atoms with E-state index in [9.17, 15) is 34.3 Å². The third-order valence-electron chi connectivity index (χ3n) is 6.24. The molecule has 0 spiro atoms. The number of nitrogens with one attached hydrogen (secondary N) is 1. The SMILES string of the molecule is CN(Cc1cnc2nc(N)nc(N)c2n1)c1ccc(C(=O)NC(CCP(O)CC(CCC(=O)O)C(=O)O)C(=O)O)cc1. The molecular weight excluding hydrogens is 571 g/mol. The number of nitrogen functional groups attached to an aromatic ring is 2. The molecule has 0 aliphatic heterocycles. The Balaban J connectivity index is 1.57. The van der Waals surface area contributed by atoms with E-state index in [0.717, 1.165) is 5.69 Å². The van der Waals surface area contributed by atoms with Crippen molar-refractivity contribution in [2.45, 2.75) is 31.8 Å². The van der Waals surface area contributed by atoms with E-state index in [-0.39, 0.29) is 54.6 Å².